The molecule has 8 heteroatoms. The molecule has 0 radical (unpaired) electrons. The molecule has 0 saturated carbocycles. The Morgan fingerprint density at radius 2 is 1.90 bits per heavy atom. The molecule has 156 valence electrons. The molecule has 3 aromatic rings. The number of rotatable bonds is 7. The fraction of sp³-hybridized carbons (Fsp3) is 0.273. The number of anilines is 1. The maximum Gasteiger partial charge on any atom is 0.226 e. The molecule has 6 nitrogen and oxygen atoms in total. The first-order chi connectivity index (χ1) is 14.4. The molecule has 0 aliphatic heterocycles. The lowest BCUT2D eigenvalue weighted by Gasteiger charge is -2.11. The van der Waals surface area contributed by atoms with Crippen LogP contribution in [0.1, 0.15) is 29.5 Å². The number of aromatic nitrogens is 2. The molecule has 4 rings (SSSR count). The summed E-state index contributed by atoms with van der Waals surface area (Å²) in [6.07, 6.45) is 4.48. The number of nitrogens with zero attached hydrogens (tertiary/aromatic N) is 2. The van der Waals surface area contributed by atoms with Gasteiger partial charge in [-0.2, -0.15) is 5.10 Å². The van der Waals surface area contributed by atoms with Gasteiger partial charge in [0.05, 0.1) is 23.4 Å². The van der Waals surface area contributed by atoms with Gasteiger partial charge < -0.3 is 5.32 Å². The van der Waals surface area contributed by atoms with Gasteiger partial charge in [-0.3, -0.25) is 4.79 Å². The summed E-state index contributed by atoms with van der Waals surface area (Å²) in [6, 6.07) is 14.8. The molecule has 0 spiro atoms. The zero-order chi connectivity index (χ0) is 21.1. The van der Waals surface area contributed by atoms with E-state index in [4.69, 9.17) is 0 Å². The highest BCUT2D eigenvalue weighted by Crippen LogP contribution is 2.25. The van der Waals surface area contributed by atoms with Gasteiger partial charge in [0.25, 0.3) is 0 Å². The van der Waals surface area contributed by atoms with Gasteiger partial charge >= 0.3 is 0 Å². The van der Waals surface area contributed by atoms with E-state index in [0.717, 1.165) is 34.9 Å². The Hall–Kier alpha value is -2.45. The number of hydrogen-bond acceptors (Lipinski definition) is 4. The molecular weight excluding hydrogens is 466 g/mol. The number of benzene rings is 2. The van der Waals surface area contributed by atoms with Gasteiger partial charge in [-0.15, -0.1) is 0 Å². The van der Waals surface area contributed by atoms with Crippen molar-refractivity contribution in [3.05, 3.63) is 75.9 Å². The van der Waals surface area contributed by atoms with Crippen LogP contribution >= 0.6 is 15.9 Å². The Balaban J connectivity index is 1.39. The van der Waals surface area contributed by atoms with Gasteiger partial charge in [-0.25, -0.2) is 13.1 Å². The minimum atomic E-state index is -3.51. The molecule has 0 bridgehead atoms. The minimum absolute atomic E-state index is 0.111. The Kier molecular flexibility index (Phi) is 6.06. The van der Waals surface area contributed by atoms with Crippen molar-refractivity contribution in [3.8, 4) is 0 Å². The monoisotopic (exact) mass is 487 g/mol. The van der Waals surface area contributed by atoms with Crippen LogP contribution in [0.2, 0.25) is 0 Å². The van der Waals surface area contributed by atoms with Gasteiger partial charge in [0.2, 0.25) is 5.91 Å². The van der Waals surface area contributed by atoms with Crippen molar-refractivity contribution in [2.75, 3.05) is 11.1 Å². The summed E-state index contributed by atoms with van der Waals surface area (Å²) in [5.41, 5.74) is 3.36. The summed E-state index contributed by atoms with van der Waals surface area (Å²) >= 11 is 3.51. The summed E-state index contributed by atoms with van der Waals surface area (Å²) in [6.45, 7) is 0.484. The van der Waals surface area contributed by atoms with Gasteiger partial charge in [-0.05, 0) is 54.2 Å². The number of fused-ring (bicyclic) bond motifs is 1. The summed E-state index contributed by atoms with van der Waals surface area (Å²) in [4.78, 5) is 12.7. The SMILES string of the molecule is O=C(CCS(=O)(=O)c1ccc2c(c1)CCC2)Nc1ccnn1Cc1ccccc1Br. The molecule has 0 saturated heterocycles. The van der Waals surface area contributed by atoms with Crippen LogP contribution in [-0.4, -0.2) is 29.9 Å². The molecule has 0 fully saturated rings. The predicted octanol–water partition coefficient (Wildman–Crippen LogP) is 3.99. The number of halogens is 1. The van der Waals surface area contributed by atoms with E-state index in [9.17, 15) is 13.2 Å². The van der Waals surface area contributed by atoms with Crippen LogP contribution in [0, 0.1) is 0 Å². The molecule has 0 unspecified atom stereocenters. The molecule has 1 heterocycles. The molecule has 0 atom stereocenters. The van der Waals surface area contributed by atoms with Crippen molar-refractivity contribution in [2.24, 2.45) is 0 Å². The maximum absolute atomic E-state index is 12.7. The lowest BCUT2D eigenvalue weighted by molar-refractivity contribution is -0.115. The van der Waals surface area contributed by atoms with E-state index in [2.05, 4.69) is 26.3 Å². The molecule has 1 aliphatic rings. The smallest absolute Gasteiger partial charge is 0.226 e. The molecule has 1 amide bonds. The lowest BCUT2D eigenvalue weighted by atomic mass is 10.1. The number of sulfone groups is 1. The molecule has 2 aromatic carbocycles. The summed E-state index contributed by atoms with van der Waals surface area (Å²) < 4.78 is 28.0. The highest BCUT2D eigenvalue weighted by molar-refractivity contribution is 9.10. The van der Waals surface area contributed by atoms with E-state index in [1.807, 2.05) is 30.3 Å². The van der Waals surface area contributed by atoms with E-state index >= 15 is 0 Å². The Morgan fingerprint density at radius 1 is 1.10 bits per heavy atom. The average Bonchev–Trinajstić information content (AvgIpc) is 3.37. The van der Waals surface area contributed by atoms with E-state index < -0.39 is 9.84 Å². The van der Waals surface area contributed by atoms with Crippen molar-refractivity contribution < 1.29 is 13.2 Å². The van der Waals surface area contributed by atoms with Crippen LogP contribution in [0.3, 0.4) is 0 Å². The quantitative estimate of drug-likeness (QED) is 0.546. The molecular formula is C22H22BrN3O3S. The fourth-order valence-corrected chi connectivity index (χ4v) is 5.34. The number of aryl methyl sites for hydroxylation is 2. The van der Waals surface area contributed by atoms with E-state index in [-0.39, 0.29) is 18.1 Å². The van der Waals surface area contributed by atoms with Gasteiger partial charge in [-0.1, -0.05) is 40.2 Å². The zero-order valence-corrected chi connectivity index (χ0v) is 18.7. The van der Waals surface area contributed by atoms with Crippen LogP contribution in [0.15, 0.2) is 64.1 Å². The average molecular weight is 488 g/mol. The van der Waals surface area contributed by atoms with Crippen LogP contribution in [0.5, 0.6) is 0 Å². The Labute approximate surface area is 184 Å². The minimum Gasteiger partial charge on any atom is -0.311 e. The van der Waals surface area contributed by atoms with Gasteiger partial charge in [0, 0.05) is 17.0 Å². The maximum atomic E-state index is 12.7. The third-order valence-corrected chi connectivity index (χ3v) is 7.78. The number of nitrogens with one attached hydrogen (secondary N) is 1. The normalized spacial score (nSPS) is 13.2. The van der Waals surface area contributed by atoms with Gasteiger partial charge in [0.15, 0.2) is 9.84 Å². The third-order valence-electron chi connectivity index (χ3n) is 5.29. The Morgan fingerprint density at radius 3 is 2.73 bits per heavy atom. The van der Waals surface area contributed by atoms with Crippen molar-refractivity contribution >= 4 is 37.5 Å². The van der Waals surface area contributed by atoms with Crippen molar-refractivity contribution in [2.45, 2.75) is 37.1 Å². The first-order valence-corrected chi connectivity index (χ1v) is 12.3. The zero-order valence-electron chi connectivity index (χ0n) is 16.3. The van der Waals surface area contributed by atoms with Crippen LogP contribution in [0.4, 0.5) is 5.82 Å². The third kappa shape index (κ3) is 4.65. The van der Waals surface area contributed by atoms with Crippen LogP contribution in [-0.2, 0) is 34.0 Å². The highest BCUT2D eigenvalue weighted by atomic mass is 79.9. The number of carbonyl (C=O) groups excluding carboxylic acids is 1. The summed E-state index contributed by atoms with van der Waals surface area (Å²) in [7, 11) is -3.51. The van der Waals surface area contributed by atoms with E-state index in [1.54, 1.807) is 29.1 Å². The number of carbonyl (C=O) groups is 1. The molecule has 1 N–H and O–H groups in total. The van der Waals surface area contributed by atoms with Crippen LogP contribution in [0.25, 0.3) is 0 Å². The van der Waals surface area contributed by atoms with E-state index in [1.165, 1.54) is 5.56 Å². The lowest BCUT2D eigenvalue weighted by Crippen LogP contribution is -2.19. The number of hydrogen-bond donors (Lipinski definition) is 1. The molecule has 1 aromatic heterocycles. The first-order valence-electron chi connectivity index (χ1n) is 9.82. The van der Waals surface area contributed by atoms with Crippen molar-refractivity contribution in [1.82, 2.24) is 9.78 Å². The first kappa shape index (κ1) is 20.8. The largest absolute Gasteiger partial charge is 0.311 e. The van der Waals surface area contributed by atoms with Crippen molar-refractivity contribution in [3.63, 3.8) is 0 Å². The second-order valence-corrected chi connectivity index (χ2v) is 10.3. The highest BCUT2D eigenvalue weighted by Gasteiger charge is 2.20. The predicted molar refractivity (Wildman–Crippen MR) is 119 cm³/mol. The number of amides is 1. The summed E-state index contributed by atoms with van der Waals surface area (Å²) in [5.74, 6) is -0.0463. The van der Waals surface area contributed by atoms with Crippen LogP contribution < -0.4 is 5.32 Å². The Bertz CT molecular complexity index is 1190. The van der Waals surface area contributed by atoms with E-state index in [0.29, 0.717) is 17.3 Å². The standard InChI is InChI=1S/C22H22BrN3O3S/c23-20-7-2-1-4-18(20)15-26-21(10-12-24-26)25-22(27)11-13-30(28,29)19-9-8-16-5-3-6-17(16)14-19/h1-2,4,7-10,12,14H,3,5-6,11,13,15H2,(H,25,27). The molecule has 30 heavy (non-hydrogen) atoms. The summed E-state index contributed by atoms with van der Waals surface area (Å²) in [5, 5.41) is 7.04. The second kappa shape index (κ2) is 8.73. The van der Waals surface area contributed by atoms with Crippen molar-refractivity contribution in [1.29, 1.82) is 0 Å². The molecule has 1 aliphatic carbocycles. The topological polar surface area (TPSA) is 81.1 Å². The fourth-order valence-electron chi connectivity index (χ4n) is 3.64. The second-order valence-electron chi connectivity index (χ2n) is 7.37. The van der Waals surface area contributed by atoms with Gasteiger partial charge in [0.1, 0.15) is 5.82 Å².